The molecular weight excluding hydrogens is 342 g/mol. The van der Waals surface area contributed by atoms with Crippen molar-refractivity contribution in [2.75, 3.05) is 11.9 Å². The number of aryl methyl sites for hydroxylation is 3. The molecule has 4 rings (SSSR count). The van der Waals surface area contributed by atoms with Gasteiger partial charge in [0.1, 0.15) is 12.1 Å². The van der Waals surface area contributed by atoms with Crippen LogP contribution in [-0.4, -0.2) is 29.3 Å². The van der Waals surface area contributed by atoms with Crippen molar-refractivity contribution in [3.8, 4) is 0 Å². The predicted molar refractivity (Wildman–Crippen MR) is 101 cm³/mol. The first kappa shape index (κ1) is 17.3. The van der Waals surface area contributed by atoms with Gasteiger partial charge in [0.15, 0.2) is 0 Å². The molecule has 1 saturated heterocycles. The highest BCUT2D eigenvalue weighted by atomic mass is 16.2. The van der Waals surface area contributed by atoms with Gasteiger partial charge >= 0.3 is 6.03 Å². The monoisotopic (exact) mass is 363 g/mol. The standard InChI is InChI=1S/C21H21N3O3/c1-13-7-8-17(14(2)11-13)22-18(25)12-24-19(26)21(23-20(24)27)10-9-15-5-3-4-6-16(15)21/h3-8,11H,9-10,12H2,1-2H3,(H,22,25)(H,23,27)/t21-/m1/s1. The average molecular weight is 363 g/mol. The Labute approximate surface area is 157 Å². The second-order valence-electron chi connectivity index (χ2n) is 7.25. The minimum absolute atomic E-state index is 0.304. The number of nitrogens with zero attached hydrogens (tertiary/aromatic N) is 1. The number of amides is 4. The molecule has 2 aromatic rings. The molecule has 27 heavy (non-hydrogen) atoms. The van der Waals surface area contributed by atoms with Gasteiger partial charge in [-0.25, -0.2) is 4.79 Å². The van der Waals surface area contributed by atoms with Crippen LogP contribution in [0.25, 0.3) is 0 Å². The van der Waals surface area contributed by atoms with Crippen molar-refractivity contribution in [2.45, 2.75) is 32.2 Å². The molecule has 0 radical (unpaired) electrons. The van der Waals surface area contributed by atoms with Gasteiger partial charge in [-0.15, -0.1) is 0 Å². The summed E-state index contributed by atoms with van der Waals surface area (Å²) < 4.78 is 0. The Hall–Kier alpha value is -3.15. The third-order valence-corrected chi connectivity index (χ3v) is 5.38. The number of hydrogen-bond donors (Lipinski definition) is 2. The van der Waals surface area contributed by atoms with E-state index in [1.165, 1.54) is 0 Å². The lowest BCUT2D eigenvalue weighted by molar-refractivity contribution is -0.134. The molecule has 0 unspecified atom stereocenters. The molecule has 2 aliphatic rings. The van der Waals surface area contributed by atoms with Gasteiger partial charge in [0.05, 0.1) is 0 Å². The second kappa shape index (κ2) is 6.23. The largest absolute Gasteiger partial charge is 0.325 e. The molecule has 4 amide bonds. The van der Waals surface area contributed by atoms with Crippen molar-refractivity contribution >= 4 is 23.5 Å². The van der Waals surface area contributed by atoms with Gasteiger partial charge in [0, 0.05) is 5.69 Å². The van der Waals surface area contributed by atoms with E-state index < -0.39 is 17.5 Å². The Balaban J connectivity index is 1.53. The first-order valence-corrected chi connectivity index (χ1v) is 9.00. The Morgan fingerprint density at radius 3 is 2.74 bits per heavy atom. The van der Waals surface area contributed by atoms with Gasteiger partial charge in [0.2, 0.25) is 5.91 Å². The van der Waals surface area contributed by atoms with Crippen LogP contribution in [0.3, 0.4) is 0 Å². The van der Waals surface area contributed by atoms with E-state index in [1.54, 1.807) is 0 Å². The first-order chi connectivity index (χ1) is 12.9. The summed E-state index contributed by atoms with van der Waals surface area (Å²) in [5.74, 6) is -0.748. The maximum absolute atomic E-state index is 13.1. The van der Waals surface area contributed by atoms with Crippen molar-refractivity contribution in [1.82, 2.24) is 10.2 Å². The second-order valence-corrected chi connectivity index (χ2v) is 7.25. The van der Waals surface area contributed by atoms with E-state index in [1.807, 2.05) is 56.3 Å². The maximum Gasteiger partial charge on any atom is 0.325 e. The zero-order valence-electron chi connectivity index (χ0n) is 15.3. The van der Waals surface area contributed by atoms with Crippen molar-refractivity contribution in [1.29, 1.82) is 0 Å². The predicted octanol–water partition coefficient (Wildman–Crippen LogP) is 2.64. The molecule has 0 saturated carbocycles. The smallest absolute Gasteiger partial charge is 0.324 e. The zero-order chi connectivity index (χ0) is 19.2. The lowest BCUT2D eigenvalue weighted by atomic mass is 9.92. The first-order valence-electron chi connectivity index (χ1n) is 9.00. The van der Waals surface area contributed by atoms with Crippen LogP contribution in [-0.2, 0) is 21.5 Å². The van der Waals surface area contributed by atoms with Crippen molar-refractivity contribution in [2.24, 2.45) is 0 Å². The van der Waals surface area contributed by atoms with Crippen LogP contribution >= 0.6 is 0 Å². The molecular formula is C21H21N3O3. The molecule has 6 heteroatoms. The molecule has 0 bridgehead atoms. The van der Waals surface area contributed by atoms with Crippen LogP contribution in [0.2, 0.25) is 0 Å². The molecule has 1 aliphatic carbocycles. The van der Waals surface area contributed by atoms with Gasteiger partial charge in [-0.3, -0.25) is 14.5 Å². The molecule has 2 N–H and O–H groups in total. The fraction of sp³-hybridized carbons (Fsp3) is 0.286. The van der Waals surface area contributed by atoms with E-state index in [2.05, 4.69) is 10.6 Å². The van der Waals surface area contributed by atoms with Gasteiger partial charge < -0.3 is 10.6 Å². The number of imide groups is 1. The van der Waals surface area contributed by atoms with Crippen LogP contribution in [0.4, 0.5) is 10.5 Å². The number of urea groups is 1. The van der Waals surface area contributed by atoms with Crippen LogP contribution in [0, 0.1) is 13.8 Å². The van der Waals surface area contributed by atoms with Gasteiger partial charge in [-0.05, 0) is 49.4 Å². The maximum atomic E-state index is 13.1. The van der Waals surface area contributed by atoms with Crippen molar-refractivity contribution in [3.63, 3.8) is 0 Å². The average Bonchev–Trinajstić information content (AvgIpc) is 3.11. The van der Waals surface area contributed by atoms with E-state index in [0.29, 0.717) is 12.1 Å². The van der Waals surface area contributed by atoms with E-state index in [0.717, 1.165) is 33.6 Å². The third-order valence-electron chi connectivity index (χ3n) is 5.38. The normalized spacial score (nSPS) is 20.7. The molecule has 6 nitrogen and oxygen atoms in total. The molecule has 1 spiro atoms. The van der Waals surface area contributed by atoms with E-state index in [-0.39, 0.29) is 12.5 Å². The topological polar surface area (TPSA) is 78.5 Å². The Morgan fingerprint density at radius 2 is 1.96 bits per heavy atom. The minimum atomic E-state index is -1.03. The number of benzene rings is 2. The summed E-state index contributed by atoms with van der Waals surface area (Å²) in [5, 5.41) is 5.62. The molecule has 1 atom stereocenters. The van der Waals surface area contributed by atoms with Crippen LogP contribution < -0.4 is 10.6 Å². The van der Waals surface area contributed by atoms with Gasteiger partial charge in [-0.2, -0.15) is 0 Å². The van der Waals surface area contributed by atoms with Crippen LogP contribution in [0.15, 0.2) is 42.5 Å². The summed E-state index contributed by atoms with van der Waals surface area (Å²) in [6, 6.07) is 12.8. The molecule has 138 valence electrons. The SMILES string of the molecule is Cc1ccc(NC(=O)CN2C(=O)N[C@@]3(CCc4ccccc43)C2=O)c(C)c1. The molecule has 2 aromatic carbocycles. The highest BCUT2D eigenvalue weighted by molar-refractivity contribution is 6.11. The molecule has 1 aliphatic heterocycles. The Morgan fingerprint density at radius 1 is 1.19 bits per heavy atom. The van der Waals surface area contributed by atoms with Crippen LogP contribution in [0.5, 0.6) is 0 Å². The fourth-order valence-electron chi connectivity index (χ4n) is 4.02. The summed E-state index contributed by atoms with van der Waals surface area (Å²) in [7, 11) is 0. The molecule has 0 aromatic heterocycles. The minimum Gasteiger partial charge on any atom is -0.324 e. The van der Waals surface area contributed by atoms with E-state index in [9.17, 15) is 14.4 Å². The van der Waals surface area contributed by atoms with E-state index >= 15 is 0 Å². The number of anilines is 1. The Bertz CT molecular complexity index is 969. The highest BCUT2D eigenvalue weighted by Gasteiger charge is 2.55. The van der Waals surface area contributed by atoms with Crippen LogP contribution in [0.1, 0.15) is 28.7 Å². The summed E-state index contributed by atoms with van der Waals surface area (Å²) in [6.07, 6.45) is 1.25. The highest BCUT2D eigenvalue weighted by Crippen LogP contribution is 2.41. The van der Waals surface area contributed by atoms with Crippen molar-refractivity contribution in [3.05, 3.63) is 64.7 Å². The summed E-state index contributed by atoms with van der Waals surface area (Å²) in [6.45, 7) is 3.58. The molecule has 1 fully saturated rings. The number of hydrogen-bond acceptors (Lipinski definition) is 3. The Kier molecular flexibility index (Phi) is 3.98. The fourth-order valence-corrected chi connectivity index (χ4v) is 4.02. The van der Waals surface area contributed by atoms with Gasteiger partial charge in [0.25, 0.3) is 5.91 Å². The van der Waals surface area contributed by atoms with Crippen molar-refractivity contribution < 1.29 is 14.4 Å². The summed E-state index contributed by atoms with van der Waals surface area (Å²) >= 11 is 0. The zero-order valence-corrected chi connectivity index (χ0v) is 15.3. The number of nitrogens with one attached hydrogen (secondary N) is 2. The number of rotatable bonds is 3. The number of carbonyl (C=O) groups is 3. The van der Waals surface area contributed by atoms with Gasteiger partial charge in [-0.1, -0.05) is 42.0 Å². The molecule has 1 heterocycles. The number of fused-ring (bicyclic) bond motifs is 2. The summed E-state index contributed by atoms with van der Waals surface area (Å²) in [5.41, 5.74) is 3.57. The lowest BCUT2D eigenvalue weighted by Crippen LogP contribution is -2.43. The lowest BCUT2D eigenvalue weighted by Gasteiger charge is -2.22. The van der Waals surface area contributed by atoms with E-state index in [4.69, 9.17) is 0 Å². The quantitative estimate of drug-likeness (QED) is 0.823. The third kappa shape index (κ3) is 2.77. The number of carbonyl (C=O) groups excluding carboxylic acids is 3. The summed E-state index contributed by atoms with van der Waals surface area (Å²) in [4.78, 5) is 39.0.